The van der Waals surface area contributed by atoms with Gasteiger partial charge < -0.3 is 15.0 Å². The van der Waals surface area contributed by atoms with E-state index in [2.05, 4.69) is 66.2 Å². The van der Waals surface area contributed by atoms with Crippen molar-refractivity contribution in [2.75, 3.05) is 46.4 Å². The first-order valence-electron chi connectivity index (χ1n) is 9.78. The van der Waals surface area contributed by atoms with E-state index >= 15 is 0 Å². The quantitative estimate of drug-likeness (QED) is 0.704. The van der Waals surface area contributed by atoms with Gasteiger partial charge in [-0.15, -0.1) is 0 Å². The summed E-state index contributed by atoms with van der Waals surface area (Å²) in [5.41, 5.74) is 1.38. The molecule has 0 radical (unpaired) electrons. The minimum Gasteiger partial charge on any atom is -0.375 e. The van der Waals surface area contributed by atoms with Crippen LogP contribution in [-0.4, -0.2) is 67.8 Å². The highest BCUT2D eigenvalue weighted by molar-refractivity contribution is 5.14. The monoisotopic (exact) mass is 347 g/mol. The van der Waals surface area contributed by atoms with Gasteiger partial charge in [-0.3, -0.25) is 4.90 Å². The summed E-state index contributed by atoms with van der Waals surface area (Å²) in [6.45, 7) is 14.3. The predicted octanol–water partition coefficient (Wildman–Crippen LogP) is 2.99. The van der Waals surface area contributed by atoms with Gasteiger partial charge in [-0.25, -0.2) is 0 Å². The third-order valence-electron chi connectivity index (χ3n) is 5.28. The molecule has 0 aliphatic carbocycles. The fourth-order valence-electron chi connectivity index (χ4n) is 3.17. The summed E-state index contributed by atoms with van der Waals surface area (Å²) in [7, 11) is 2.01. The molecule has 1 fully saturated rings. The van der Waals surface area contributed by atoms with E-state index in [9.17, 15) is 0 Å². The van der Waals surface area contributed by atoms with E-state index in [0.717, 1.165) is 45.6 Å². The van der Waals surface area contributed by atoms with E-state index in [4.69, 9.17) is 4.74 Å². The van der Waals surface area contributed by atoms with Crippen LogP contribution in [0.1, 0.15) is 39.2 Å². The van der Waals surface area contributed by atoms with Crippen molar-refractivity contribution in [3.8, 4) is 0 Å². The van der Waals surface area contributed by atoms with Crippen molar-refractivity contribution in [1.82, 2.24) is 15.1 Å². The number of nitrogens with zero attached hydrogens (tertiary/aromatic N) is 2. The molecule has 1 saturated heterocycles. The lowest BCUT2D eigenvalue weighted by molar-refractivity contribution is -0.0341. The number of hydrogen-bond acceptors (Lipinski definition) is 4. The van der Waals surface area contributed by atoms with Gasteiger partial charge in [-0.2, -0.15) is 0 Å². The summed E-state index contributed by atoms with van der Waals surface area (Å²) < 4.78 is 6.12. The van der Waals surface area contributed by atoms with Gasteiger partial charge in [0.15, 0.2) is 0 Å². The molecule has 1 aromatic rings. The zero-order chi connectivity index (χ0) is 18.1. The average molecular weight is 348 g/mol. The van der Waals surface area contributed by atoms with E-state index in [1.54, 1.807) is 0 Å². The van der Waals surface area contributed by atoms with Crippen molar-refractivity contribution >= 4 is 0 Å². The molecule has 4 nitrogen and oxygen atoms in total. The van der Waals surface area contributed by atoms with E-state index in [-0.39, 0.29) is 5.60 Å². The van der Waals surface area contributed by atoms with Crippen LogP contribution in [0.15, 0.2) is 30.3 Å². The first-order chi connectivity index (χ1) is 12.0. The van der Waals surface area contributed by atoms with Gasteiger partial charge in [-0.1, -0.05) is 30.3 Å². The molecule has 1 aliphatic heterocycles. The Balaban J connectivity index is 1.62. The summed E-state index contributed by atoms with van der Waals surface area (Å²) in [5.74, 6) is 0. The summed E-state index contributed by atoms with van der Waals surface area (Å²) in [6, 6.07) is 11.3. The lowest BCUT2D eigenvalue weighted by Crippen LogP contribution is -2.47. The third kappa shape index (κ3) is 7.87. The van der Waals surface area contributed by atoms with E-state index < -0.39 is 0 Å². The van der Waals surface area contributed by atoms with Crippen LogP contribution in [0.25, 0.3) is 0 Å². The number of rotatable bonds is 10. The van der Waals surface area contributed by atoms with Gasteiger partial charge in [-0.05, 0) is 46.2 Å². The molecular weight excluding hydrogens is 310 g/mol. The Kier molecular flexibility index (Phi) is 8.37. The largest absolute Gasteiger partial charge is 0.375 e. The van der Waals surface area contributed by atoms with Gasteiger partial charge in [0.25, 0.3) is 0 Å². The maximum atomic E-state index is 6.12. The molecule has 1 heterocycles. The Bertz CT molecular complexity index is 469. The predicted molar refractivity (Wildman–Crippen MR) is 106 cm³/mol. The van der Waals surface area contributed by atoms with Crippen LogP contribution in [0.2, 0.25) is 0 Å². The minimum absolute atomic E-state index is 0.0331. The van der Waals surface area contributed by atoms with Gasteiger partial charge in [0.2, 0.25) is 0 Å². The smallest absolute Gasteiger partial charge is 0.0638 e. The molecule has 1 aromatic carbocycles. The van der Waals surface area contributed by atoms with Crippen LogP contribution in [0.4, 0.5) is 0 Å². The topological polar surface area (TPSA) is 27.7 Å². The Hall–Kier alpha value is -0.940. The van der Waals surface area contributed by atoms with Crippen LogP contribution in [0, 0.1) is 0 Å². The second-order valence-corrected chi connectivity index (χ2v) is 7.94. The van der Waals surface area contributed by atoms with E-state index in [1.807, 2.05) is 7.05 Å². The van der Waals surface area contributed by atoms with Crippen LogP contribution in [-0.2, 0) is 11.3 Å². The normalized spacial score (nSPS) is 18.4. The SMILES string of the molecule is CNC(C)CCOC(C)(C)CCN1CCN(Cc2ccccc2)CC1. The first-order valence-corrected chi connectivity index (χ1v) is 9.78. The van der Waals surface area contributed by atoms with Gasteiger partial charge in [0, 0.05) is 51.9 Å². The fourth-order valence-corrected chi connectivity index (χ4v) is 3.17. The number of benzene rings is 1. The molecule has 2 rings (SSSR count). The highest BCUT2D eigenvalue weighted by Gasteiger charge is 2.22. The number of ether oxygens (including phenoxy) is 1. The molecule has 0 saturated carbocycles. The number of hydrogen-bond donors (Lipinski definition) is 1. The lowest BCUT2D eigenvalue weighted by atomic mass is 10.0. The Labute approximate surface area is 154 Å². The molecule has 142 valence electrons. The Morgan fingerprint density at radius 2 is 1.72 bits per heavy atom. The maximum absolute atomic E-state index is 6.12. The summed E-state index contributed by atoms with van der Waals surface area (Å²) >= 11 is 0. The van der Waals surface area contributed by atoms with E-state index in [1.165, 1.54) is 18.7 Å². The van der Waals surface area contributed by atoms with Crippen LogP contribution in [0.5, 0.6) is 0 Å². The summed E-state index contributed by atoms with van der Waals surface area (Å²) in [4.78, 5) is 5.15. The first kappa shape index (κ1) is 20.4. The maximum Gasteiger partial charge on any atom is 0.0638 e. The Morgan fingerprint density at radius 3 is 2.36 bits per heavy atom. The molecule has 0 aromatic heterocycles. The van der Waals surface area contributed by atoms with Crippen LogP contribution < -0.4 is 5.32 Å². The summed E-state index contributed by atoms with van der Waals surface area (Å²) in [5, 5.41) is 3.26. The zero-order valence-corrected chi connectivity index (χ0v) is 16.6. The minimum atomic E-state index is -0.0331. The van der Waals surface area contributed by atoms with Crippen molar-refractivity contribution in [2.24, 2.45) is 0 Å². The molecular formula is C21H37N3O. The molecule has 1 atom stereocenters. The molecule has 1 N–H and O–H groups in total. The molecule has 25 heavy (non-hydrogen) atoms. The van der Waals surface area contributed by atoms with Gasteiger partial charge in [0.1, 0.15) is 0 Å². The summed E-state index contributed by atoms with van der Waals surface area (Å²) in [6.07, 6.45) is 2.16. The highest BCUT2D eigenvalue weighted by atomic mass is 16.5. The number of piperazine rings is 1. The van der Waals surface area contributed by atoms with Crippen molar-refractivity contribution in [3.63, 3.8) is 0 Å². The molecule has 4 heteroatoms. The fraction of sp³-hybridized carbons (Fsp3) is 0.714. The highest BCUT2D eigenvalue weighted by Crippen LogP contribution is 2.17. The lowest BCUT2D eigenvalue weighted by Gasteiger charge is -2.36. The Morgan fingerprint density at radius 1 is 1.08 bits per heavy atom. The van der Waals surface area contributed by atoms with Crippen molar-refractivity contribution < 1.29 is 4.74 Å². The molecule has 0 spiro atoms. The van der Waals surface area contributed by atoms with Crippen LogP contribution in [0.3, 0.4) is 0 Å². The number of nitrogens with one attached hydrogen (secondary N) is 1. The van der Waals surface area contributed by atoms with Crippen molar-refractivity contribution in [3.05, 3.63) is 35.9 Å². The van der Waals surface area contributed by atoms with E-state index in [0.29, 0.717) is 6.04 Å². The molecule has 0 amide bonds. The standard InChI is InChI=1S/C21H37N3O/c1-19(22-4)10-17-25-21(2,3)11-12-23-13-15-24(16-14-23)18-20-8-6-5-7-9-20/h5-9,19,22H,10-18H2,1-4H3. The molecule has 0 bridgehead atoms. The second kappa shape index (κ2) is 10.3. The van der Waals surface area contributed by atoms with Crippen molar-refractivity contribution in [1.29, 1.82) is 0 Å². The van der Waals surface area contributed by atoms with Gasteiger partial charge >= 0.3 is 0 Å². The molecule has 1 aliphatic rings. The third-order valence-corrected chi connectivity index (χ3v) is 5.28. The second-order valence-electron chi connectivity index (χ2n) is 7.94. The van der Waals surface area contributed by atoms with Crippen LogP contribution >= 0.6 is 0 Å². The van der Waals surface area contributed by atoms with Crippen molar-refractivity contribution in [2.45, 2.75) is 51.8 Å². The zero-order valence-electron chi connectivity index (χ0n) is 16.6. The van der Waals surface area contributed by atoms with Gasteiger partial charge in [0.05, 0.1) is 5.60 Å². The molecule has 1 unspecified atom stereocenters. The average Bonchev–Trinajstić information content (AvgIpc) is 2.62.